The van der Waals surface area contributed by atoms with E-state index < -0.39 is 8.80 Å². The van der Waals surface area contributed by atoms with E-state index in [1.165, 1.54) is 5.56 Å². The average Bonchev–Trinajstić information content (AvgIpc) is 2.52. The number of ether oxygens (including phenoxy) is 1. The normalized spacial score (nSPS) is 12.2. The number of hydrogen-bond donors (Lipinski definition) is 0. The van der Waals surface area contributed by atoms with Crippen molar-refractivity contribution >= 4 is 14.9 Å². The molecule has 0 saturated carbocycles. The minimum absolute atomic E-state index is 0.608. The molecule has 0 spiro atoms. The van der Waals surface area contributed by atoms with E-state index in [1.54, 1.807) is 21.3 Å². The molecule has 0 aromatic heterocycles. The molecule has 0 N–H and O–H groups in total. The second-order valence-corrected chi connectivity index (χ2v) is 7.38. The minimum Gasteiger partial charge on any atom is -0.377 e. The molecule has 20 heavy (non-hydrogen) atoms. The highest BCUT2D eigenvalue weighted by Crippen LogP contribution is 2.14. The van der Waals surface area contributed by atoms with Crippen LogP contribution in [0.25, 0.3) is 6.08 Å². The van der Waals surface area contributed by atoms with Gasteiger partial charge in [-0.3, -0.25) is 0 Å². The van der Waals surface area contributed by atoms with E-state index in [0.717, 1.165) is 12.5 Å². The molecule has 1 aromatic rings. The lowest BCUT2D eigenvalue weighted by Gasteiger charge is -2.24. The molecule has 1 rings (SSSR count). The van der Waals surface area contributed by atoms with E-state index in [-0.39, 0.29) is 0 Å². The molecule has 4 nitrogen and oxygen atoms in total. The largest absolute Gasteiger partial charge is 0.500 e. The summed E-state index contributed by atoms with van der Waals surface area (Å²) < 4.78 is 21.6. The van der Waals surface area contributed by atoms with E-state index in [1.807, 2.05) is 24.3 Å². The molecule has 0 atom stereocenters. The summed E-state index contributed by atoms with van der Waals surface area (Å²) in [5.41, 5.74) is 1.18. The van der Waals surface area contributed by atoms with E-state index >= 15 is 0 Å². The van der Waals surface area contributed by atoms with Crippen LogP contribution in [0.3, 0.4) is 0 Å². The molecule has 0 unspecified atom stereocenters. The van der Waals surface area contributed by atoms with E-state index in [2.05, 4.69) is 18.2 Å². The standard InChI is InChI=1S/C15H24O4Si/c1-16-20(17-2,18-3)14-8-13-19-12-7-11-15-9-5-4-6-10-15/h4-7,9-11H,8,12-14H2,1-3H3. The lowest BCUT2D eigenvalue weighted by molar-refractivity contribution is 0.114. The van der Waals surface area contributed by atoms with Gasteiger partial charge in [-0.25, -0.2) is 0 Å². The van der Waals surface area contributed by atoms with E-state index in [4.69, 9.17) is 18.0 Å². The third kappa shape index (κ3) is 5.98. The fourth-order valence-corrected chi connectivity index (χ4v) is 3.54. The van der Waals surface area contributed by atoms with Crippen molar-refractivity contribution in [1.82, 2.24) is 0 Å². The summed E-state index contributed by atoms with van der Waals surface area (Å²) in [6.45, 7) is 1.28. The molecule has 5 heteroatoms. The first kappa shape index (κ1) is 17.1. The lowest BCUT2D eigenvalue weighted by Crippen LogP contribution is -2.42. The first-order chi connectivity index (χ1) is 9.76. The molecule has 0 bridgehead atoms. The second-order valence-electron chi connectivity index (χ2n) is 4.29. The molecule has 0 fully saturated rings. The molecule has 0 aliphatic heterocycles. The Morgan fingerprint density at radius 3 is 2.25 bits per heavy atom. The van der Waals surface area contributed by atoms with Crippen molar-refractivity contribution in [3.8, 4) is 0 Å². The van der Waals surface area contributed by atoms with Gasteiger partial charge in [0.2, 0.25) is 0 Å². The molecular formula is C15H24O4Si. The topological polar surface area (TPSA) is 36.9 Å². The first-order valence-electron chi connectivity index (χ1n) is 6.71. The van der Waals surface area contributed by atoms with Crippen LogP contribution in [0.15, 0.2) is 36.4 Å². The zero-order chi connectivity index (χ0) is 14.7. The summed E-state index contributed by atoms with van der Waals surface area (Å²) in [4.78, 5) is 0. The van der Waals surface area contributed by atoms with Crippen molar-refractivity contribution in [3.63, 3.8) is 0 Å². The van der Waals surface area contributed by atoms with Crippen molar-refractivity contribution in [2.75, 3.05) is 34.5 Å². The number of hydrogen-bond acceptors (Lipinski definition) is 4. The monoisotopic (exact) mass is 296 g/mol. The van der Waals surface area contributed by atoms with E-state index in [0.29, 0.717) is 13.2 Å². The summed E-state index contributed by atoms with van der Waals surface area (Å²) in [6.07, 6.45) is 4.93. The molecule has 0 saturated heterocycles. The van der Waals surface area contributed by atoms with Gasteiger partial charge in [0.05, 0.1) is 6.61 Å². The fourth-order valence-electron chi connectivity index (χ4n) is 1.85. The number of rotatable bonds is 10. The Kier molecular flexibility index (Phi) is 8.40. The van der Waals surface area contributed by atoms with Crippen molar-refractivity contribution in [3.05, 3.63) is 42.0 Å². The summed E-state index contributed by atoms with van der Waals surface area (Å²) in [5.74, 6) is 0. The zero-order valence-electron chi connectivity index (χ0n) is 12.5. The zero-order valence-corrected chi connectivity index (χ0v) is 13.5. The van der Waals surface area contributed by atoms with Crippen molar-refractivity contribution in [1.29, 1.82) is 0 Å². The molecule has 112 valence electrons. The summed E-state index contributed by atoms with van der Waals surface area (Å²) in [6, 6.07) is 10.9. The molecule has 0 heterocycles. The van der Waals surface area contributed by atoms with Crippen molar-refractivity contribution in [2.24, 2.45) is 0 Å². The SMILES string of the molecule is CO[Si](CCCOCC=Cc1ccccc1)(OC)OC. The first-order valence-corrected chi connectivity index (χ1v) is 8.64. The van der Waals surface area contributed by atoms with Crippen LogP contribution in [-0.4, -0.2) is 43.3 Å². The Labute approximate surface area is 122 Å². The Morgan fingerprint density at radius 2 is 1.65 bits per heavy atom. The molecule has 0 amide bonds. The highest BCUT2D eigenvalue weighted by atomic mass is 28.4. The van der Waals surface area contributed by atoms with Crippen molar-refractivity contribution < 1.29 is 18.0 Å². The van der Waals surface area contributed by atoms with Crippen LogP contribution in [0.4, 0.5) is 0 Å². The predicted octanol–water partition coefficient (Wildman–Crippen LogP) is 2.98. The fraction of sp³-hybridized carbons (Fsp3) is 0.467. The van der Waals surface area contributed by atoms with Gasteiger partial charge in [0, 0.05) is 34.0 Å². The number of benzene rings is 1. The van der Waals surface area contributed by atoms with Gasteiger partial charge in [0.15, 0.2) is 0 Å². The molecule has 0 aliphatic rings. The Morgan fingerprint density at radius 1 is 1.00 bits per heavy atom. The van der Waals surface area contributed by atoms with Crippen LogP contribution in [-0.2, 0) is 18.0 Å². The van der Waals surface area contributed by atoms with Gasteiger partial charge in [0.25, 0.3) is 0 Å². The van der Waals surface area contributed by atoms with Crippen LogP contribution >= 0.6 is 0 Å². The van der Waals surface area contributed by atoms with Crippen LogP contribution in [0.1, 0.15) is 12.0 Å². The Bertz CT molecular complexity index is 368. The van der Waals surface area contributed by atoms with Gasteiger partial charge >= 0.3 is 8.80 Å². The van der Waals surface area contributed by atoms with Crippen LogP contribution < -0.4 is 0 Å². The van der Waals surface area contributed by atoms with Gasteiger partial charge in [-0.15, -0.1) is 0 Å². The Hall–Kier alpha value is -0.983. The Balaban J connectivity index is 2.15. The van der Waals surface area contributed by atoms with Crippen LogP contribution in [0.5, 0.6) is 0 Å². The van der Waals surface area contributed by atoms with Crippen LogP contribution in [0, 0.1) is 0 Å². The molecule has 0 radical (unpaired) electrons. The average molecular weight is 296 g/mol. The van der Waals surface area contributed by atoms with Gasteiger partial charge in [-0.2, -0.15) is 0 Å². The highest BCUT2D eigenvalue weighted by molar-refractivity contribution is 6.60. The maximum absolute atomic E-state index is 5.55. The summed E-state index contributed by atoms with van der Waals surface area (Å²) in [5, 5.41) is 0. The van der Waals surface area contributed by atoms with E-state index in [9.17, 15) is 0 Å². The van der Waals surface area contributed by atoms with Crippen molar-refractivity contribution in [2.45, 2.75) is 12.5 Å². The molecule has 1 aromatic carbocycles. The minimum atomic E-state index is -2.44. The van der Waals surface area contributed by atoms with Crippen LogP contribution in [0.2, 0.25) is 6.04 Å². The third-order valence-electron chi connectivity index (χ3n) is 3.03. The highest BCUT2D eigenvalue weighted by Gasteiger charge is 2.36. The van der Waals surface area contributed by atoms with Gasteiger partial charge < -0.3 is 18.0 Å². The smallest absolute Gasteiger partial charge is 0.377 e. The van der Waals surface area contributed by atoms with Gasteiger partial charge in [-0.1, -0.05) is 42.5 Å². The third-order valence-corrected chi connectivity index (χ3v) is 5.86. The lowest BCUT2D eigenvalue weighted by atomic mass is 10.2. The van der Waals surface area contributed by atoms with Gasteiger partial charge in [-0.05, 0) is 12.0 Å². The van der Waals surface area contributed by atoms with Gasteiger partial charge in [0.1, 0.15) is 0 Å². The predicted molar refractivity (Wildman–Crippen MR) is 82.5 cm³/mol. The quantitative estimate of drug-likeness (QED) is 0.491. The second kappa shape index (κ2) is 9.85. The summed E-state index contributed by atoms with van der Waals surface area (Å²) >= 11 is 0. The maximum atomic E-state index is 5.55. The molecular weight excluding hydrogens is 272 g/mol. The molecule has 0 aliphatic carbocycles. The maximum Gasteiger partial charge on any atom is 0.500 e. The summed E-state index contributed by atoms with van der Waals surface area (Å²) in [7, 11) is 2.45.